The quantitative estimate of drug-likeness (QED) is 0.725. The van der Waals surface area contributed by atoms with Gasteiger partial charge in [-0.05, 0) is 43.9 Å². The molecule has 0 bridgehead atoms. The fraction of sp³-hybridized carbons (Fsp3) is 0.611. The van der Waals surface area contributed by atoms with Crippen LogP contribution in [0, 0.1) is 6.92 Å². The van der Waals surface area contributed by atoms with Gasteiger partial charge in [0, 0.05) is 12.6 Å². The molecule has 1 amide bonds. The number of ether oxygens (including phenoxy) is 1. The summed E-state index contributed by atoms with van der Waals surface area (Å²) in [6.45, 7) is 9.28. The molecule has 0 N–H and O–H groups in total. The average molecular weight is 291 g/mol. The standard InChI is InChI=1S/C18H29NO2/c1-6-8-11-19(15(4)7-2)18(20)13-16-10-9-14(3)17(12-16)21-5/h9-10,12,15H,6-8,11,13H2,1-5H3. The van der Waals surface area contributed by atoms with E-state index in [9.17, 15) is 4.79 Å². The summed E-state index contributed by atoms with van der Waals surface area (Å²) >= 11 is 0. The zero-order valence-electron chi connectivity index (χ0n) is 14.1. The Morgan fingerprint density at radius 2 is 2.05 bits per heavy atom. The molecule has 0 heterocycles. The van der Waals surface area contributed by atoms with Crippen LogP contribution in [0.25, 0.3) is 0 Å². The molecule has 1 aromatic rings. The predicted octanol–water partition coefficient (Wildman–Crippen LogP) is 3.97. The Morgan fingerprint density at radius 3 is 2.62 bits per heavy atom. The zero-order chi connectivity index (χ0) is 15.8. The second-order valence-electron chi connectivity index (χ2n) is 5.68. The van der Waals surface area contributed by atoms with Crippen molar-refractivity contribution in [2.24, 2.45) is 0 Å². The van der Waals surface area contributed by atoms with Crippen molar-refractivity contribution in [2.75, 3.05) is 13.7 Å². The van der Waals surface area contributed by atoms with Crippen molar-refractivity contribution in [2.45, 2.75) is 59.4 Å². The Kier molecular flexibility index (Phi) is 7.27. The zero-order valence-corrected chi connectivity index (χ0v) is 14.1. The van der Waals surface area contributed by atoms with Gasteiger partial charge in [0.15, 0.2) is 0 Å². The van der Waals surface area contributed by atoms with E-state index in [0.717, 1.165) is 42.7 Å². The number of nitrogens with zero attached hydrogens (tertiary/aromatic N) is 1. The van der Waals surface area contributed by atoms with E-state index in [1.807, 2.05) is 30.0 Å². The van der Waals surface area contributed by atoms with E-state index in [1.165, 1.54) is 0 Å². The third kappa shape index (κ3) is 5.07. The van der Waals surface area contributed by atoms with Crippen molar-refractivity contribution in [3.63, 3.8) is 0 Å². The van der Waals surface area contributed by atoms with Crippen LogP contribution in [0.1, 0.15) is 51.2 Å². The molecule has 118 valence electrons. The summed E-state index contributed by atoms with van der Waals surface area (Å²) in [6.07, 6.45) is 3.61. The van der Waals surface area contributed by atoms with Crippen LogP contribution in [-0.2, 0) is 11.2 Å². The van der Waals surface area contributed by atoms with Gasteiger partial charge in [0.2, 0.25) is 5.91 Å². The second kappa shape index (κ2) is 8.71. The highest BCUT2D eigenvalue weighted by Crippen LogP contribution is 2.20. The van der Waals surface area contributed by atoms with Gasteiger partial charge in [0.25, 0.3) is 0 Å². The number of unbranched alkanes of at least 4 members (excludes halogenated alkanes) is 1. The van der Waals surface area contributed by atoms with E-state index < -0.39 is 0 Å². The minimum atomic E-state index is 0.212. The fourth-order valence-electron chi connectivity index (χ4n) is 2.39. The summed E-state index contributed by atoms with van der Waals surface area (Å²) in [6, 6.07) is 6.31. The van der Waals surface area contributed by atoms with E-state index in [0.29, 0.717) is 12.5 Å². The highest BCUT2D eigenvalue weighted by Gasteiger charge is 2.18. The van der Waals surface area contributed by atoms with Crippen LogP contribution in [0.15, 0.2) is 18.2 Å². The van der Waals surface area contributed by atoms with E-state index in [2.05, 4.69) is 20.8 Å². The lowest BCUT2D eigenvalue weighted by Gasteiger charge is -2.29. The van der Waals surface area contributed by atoms with Crippen LogP contribution in [0.5, 0.6) is 5.75 Å². The maximum Gasteiger partial charge on any atom is 0.227 e. The first kappa shape index (κ1) is 17.5. The van der Waals surface area contributed by atoms with E-state index >= 15 is 0 Å². The fourth-order valence-corrected chi connectivity index (χ4v) is 2.39. The van der Waals surface area contributed by atoms with Gasteiger partial charge < -0.3 is 9.64 Å². The van der Waals surface area contributed by atoms with E-state index in [-0.39, 0.29) is 5.91 Å². The molecule has 0 saturated heterocycles. The first-order chi connectivity index (χ1) is 10.0. The molecule has 0 aliphatic rings. The molecule has 0 aliphatic heterocycles. The molecule has 0 spiro atoms. The molecule has 0 aromatic heterocycles. The Hall–Kier alpha value is -1.51. The highest BCUT2D eigenvalue weighted by atomic mass is 16.5. The van der Waals surface area contributed by atoms with Crippen molar-refractivity contribution < 1.29 is 9.53 Å². The molecule has 1 unspecified atom stereocenters. The van der Waals surface area contributed by atoms with Gasteiger partial charge in [-0.3, -0.25) is 4.79 Å². The van der Waals surface area contributed by atoms with Crippen LogP contribution in [-0.4, -0.2) is 30.5 Å². The maximum absolute atomic E-state index is 12.6. The predicted molar refractivity (Wildman–Crippen MR) is 87.8 cm³/mol. The molecule has 0 radical (unpaired) electrons. The third-order valence-corrected chi connectivity index (χ3v) is 4.02. The van der Waals surface area contributed by atoms with Gasteiger partial charge in [-0.1, -0.05) is 32.4 Å². The number of aryl methyl sites for hydroxylation is 1. The molecule has 1 rings (SSSR count). The lowest BCUT2D eigenvalue weighted by atomic mass is 10.1. The van der Waals surface area contributed by atoms with Crippen LogP contribution in [0.2, 0.25) is 0 Å². The topological polar surface area (TPSA) is 29.5 Å². The molecule has 3 nitrogen and oxygen atoms in total. The Bertz CT molecular complexity index is 457. The van der Waals surface area contributed by atoms with Crippen molar-refractivity contribution in [1.29, 1.82) is 0 Å². The lowest BCUT2D eigenvalue weighted by molar-refractivity contribution is -0.132. The third-order valence-electron chi connectivity index (χ3n) is 4.02. The van der Waals surface area contributed by atoms with Gasteiger partial charge in [0.1, 0.15) is 5.75 Å². The minimum Gasteiger partial charge on any atom is -0.496 e. The Labute approximate surface area is 129 Å². The molecule has 0 fully saturated rings. The first-order valence-corrected chi connectivity index (χ1v) is 7.96. The van der Waals surface area contributed by atoms with Gasteiger partial charge in [-0.2, -0.15) is 0 Å². The first-order valence-electron chi connectivity index (χ1n) is 7.96. The van der Waals surface area contributed by atoms with Crippen LogP contribution in [0.4, 0.5) is 0 Å². The molecule has 0 saturated carbocycles. The SMILES string of the molecule is CCCCN(C(=O)Cc1ccc(C)c(OC)c1)C(C)CC. The molecule has 21 heavy (non-hydrogen) atoms. The van der Waals surface area contributed by atoms with Crippen LogP contribution >= 0.6 is 0 Å². The van der Waals surface area contributed by atoms with Gasteiger partial charge in [0.05, 0.1) is 13.5 Å². The molecule has 1 aromatic carbocycles. The molecule has 1 atom stereocenters. The molecular formula is C18H29NO2. The Balaban J connectivity index is 2.80. The van der Waals surface area contributed by atoms with Gasteiger partial charge >= 0.3 is 0 Å². The van der Waals surface area contributed by atoms with Crippen molar-refractivity contribution in [3.05, 3.63) is 29.3 Å². The summed E-state index contributed by atoms with van der Waals surface area (Å²) in [7, 11) is 1.67. The summed E-state index contributed by atoms with van der Waals surface area (Å²) in [5.41, 5.74) is 2.12. The largest absolute Gasteiger partial charge is 0.496 e. The summed E-state index contributed by atoms with van der Waals surface area (Å²) < 4.78 is 5.34. The number of carbonyl (C=O) groups excluding carboxylic acids is 1. The summed E-state index contributed by atoms with van der Waals surface area (Å²) in [5.74, 6) is 1.06. The van der Waals surface area contributed by atoms with E-state index in [1.54, 1.807) is 7.11 Å². The minimum absolute atomic E-state index is 0.212. The number of amides is 1. The van der Waals surface area contributed by atoms with Crippen LogP contribution < -0.4 is 4.74 Å². The number of carbonyl (C=O) groups is 1. The molecule has 0 aliphatic carbocycles. The Morgan fingerprint density at radius 1 is 1.33 bits per heavy atom. The van der Waals surface area contributed by atoms with Gasteiger partial charge in [-0.25, -0.2) is 0 Å². The monoisotopic (exact) mass is 291 g/mol. The number of methoxy groups -OCH3 is 1. The number of benzene rings is 1. The lowest BCUT2D eigenvalue weighted by Crippen LogP contribution is -2.40. The van der Waals surface area contributed by atoms with Gasteiger partial charge in [-0.15, -0.1) is 0 Å². The molecular weight excluding hydrogens is 262 g/mol. The summed E-state index contributed by atoms with van der Waals surface area (Å²) in [5, 5.41) is 0. The van der Waals surface area contributed by atoms with E-state index in [4.69, 9.17) is 4.74 Å². The van der Waals surface area contributed by atoms with Crippen molar-refractivity contribution in [3.8, 4) is 5.75 Å². The average Bonchev–Trinajstić information content (AvgIpc) is 2.49. The summed E-state index contributed by atoms with van der Waals surface area (Å²) in [4.78, 5) is 14.6. The normalized spacial score (nSPS) is 12.0. The number of hydrogen-bond acceptors (Lipinski definition) is 2. The highest BCUT2D eigenvalue weighted by molar-refractivity contribution is 5.79. The van der Waals surface area contributed by atoms with Crippen molar-refractivity contribution >= 4 is 5.91 Å². The second-order valence-corrected chi connectivity index (χ2v) is 5.68. The van der Waals surface area contributed by atoms with Crippen molar-refractivity contribution in [1.82, 2.24) is 4.90 Å². The van der Waals surface area contributed by atoms with Crippen LogP contribution in [0.3, 0.4) is 0 Å². The number of hydrogen-bond donors (Lipinski definition) is 0. The number of rotatable bonds is 8. The maximum atomic E-state index is 12.6. The molecule has 3 heteroatoms. The smallest absolute Gasteiger partial charge is 0.227 e.